The van der Waals surface area contributed by atoms with Crippen LogP contribution in [0.25, 0.3) is 0 Å². The van der Waals surface area contributed by atoms with Crippen molar-refractivity contribution in [1.82, 2.24) is 4.57 Å². The van der Waals surface area contributed by atoms with Crippen LogP contribution in [0.3, 0.4) is 0 Å². The molecule has 8 heteroatoms. The summed E-state index contributed by atoms with van der Waals surface area (Å²) in [6, 6.07) is 14.6. The minimum absolute atomic E-state index is 0.00678. The second-order valence-corrected chi connectivity index (χ2v) is 7.40. The summed E-state index contributed by atoms with van der Waals surface area (Å²) in [5.74, 6) is 0.642. The number of benzene rings is 2. The average molecular weight is 428 g/mol. The number of rotatable bonds is 8. The van der Waals surface area contributed by atoms with E-state index in [1.54, 1.807) is 48.1 Å². The number of amides is 1. The Morgan fingerprint density at radius 2 is 1.87 bits per heavy atom. The van der Waals surface area contributed by atoms with Gasteiger partial charge in [-0.3, -0.25) is 9.59 Å². The van der Waals surface area contributed by atoms with Gasteiger partial charge in [0.2, 0.25) is 11.3 Å². The zero-order valence-corrected chi connectivity index (χ0v) is 17.4. The fourth-order valence-corrected chi connectivity index (χ4v) is 3.65. The van der Waals surface area contributed by atoms with Crippen LogP contribution in [-0.2, 0) is 17.1 Å². The maximum atomic E-state index is 13.1. The molecular weight excluding hydrogens is 407 g/mol. The molecule has 0 bridgehead atoms. The van der Waals surface area contributed by atoms with Gasteiger partial charge in [0, 0.05) is 34.2 Å². The van der Waals surface area contributed by atoms with Gasteiger partial charge in [0.1, 0.15) is 18.1 Å². The van der Waals surface area contributed by atoms with E-state index in [1.165, 1.54) is 43.3 Å². The Labute approximate surface area is 177 Å². The van der Waals surface area contributed by atoms with Gasteiger partial charge < -0.3 is 19.4 Å². The zero-order chi connectivity index (χ0) is 21.5. The van der Waals surface area contributed by atoms with Gasteiger partial charge in [0.15, 0.2) is 5.75 Å². The number of methoxy groups -OCH3 is 2. The smallest absolute Gasteiger partial charge is 0.244 e. The Balaban J connectivity index is 1.78. The lowest BCUT2D eigenvalue weighted by molar-refractivity contribution is -0.116. The van der Waals surface area contributed by atoms with Crippen molar-refractivity contribution >= 4 is 23.4 Å². The monoisotopic (exact) mass is 428 g/mol. The summed E-state index contributed by atoms with van der Waals surface area (Å²) in [4.78, 5) is 25.7. The first kappa shape index (κ1) is 21.4. The Hall–Kier alpha value is -3.26. The summed E-state index contributed by atoms with van der Waals surface area (Å²) >= 11 is 1.44. The van der Waals surface area contributed by atoms with Crippen LogP contribution in [0.15, 0.2) is 70.5 Å². The van der Waals surface area contributed by atoms with Gasteiger partial charge in [0.05, 0.1) is 20.4 Å². The topological polar surface area (TPSA) is 69.6 Å². The van der Waals surface area contributed by atoms with Crippen LogP contribution >= 0.6 is 11.8 Å². The molecule has 0 fully saturated rings. The summed E-state index contributed by atoms with van der Waals surface area (Å²) in [5.41, 5.74) is 0.988. The van der Waals surface area contributed by atoms with E-state index < -0.39 is 0 Å². The van der Waals surface area contributed by atoms with Gasteiger partial charge in [-0.2, -0.15) is 0 Å². The molecule has 0 radical (unpaired) electrons. The fraction of sp³-hybridized carbons (Fsp3) is 0.182. The predicted molar refractivity (Wildman–Crippen MR) is 115 cm³/mol. The maximum absolute atomic E-state index is 13.1. The van der Waals surface area contributed by atoms with Crippen LogP contribution in [0.4, 0.5) is 10.1 Å². The molecule has 0 atom stereocenters. The highest BCUT2D eigenvalue weighted by Gasteiger charge is 2.12. The normalized spacial score (nSPS) is 10.5. The minimum Gasteiger partial charge on any atom is -0.497 e. The van der Waals surface area contributed by atoms with Crippen molar-refractivity contribution in [3.63, 3.8) is 0 Å². The van der Waals surface area contributed by atoms with Gasteiger partial charge in [-0.15, -0.1) is 11.8 Å². The Morgan fingerprint density at radius 1 is 1.10 bits per heavy atom. The second kappa shape index (κ2) is 9.98. The Bertz CT molecular complexity index is 1080. The van der Waals surface area contributed by atoms with Crippen LogP contribution < -0.4 is 20.2 Å². The number of aromatic nitrogens is 1. The maximum Gasteiger partial charge on any atom is 0.244 e. The van der Waals surface area contributed by atoms with Crippen molar-refractivity contribution in [3.8, 4) is 11.5 Å². The summed E-state index contributed by atoms with van der Waals surface area (Å²) in [7, 11) is 2.96. The number of carbonyl (C=O) groups excluding carboxylic acids is 1. The number of carbonyl (C=O) groups is 1. The van der Waals surface area contributed by atoms with E-state index in [0.717, 1.165) is 4.90 Å². The molecule has 1 aromatic heterocycles. The van der Waals surface area contributed by atoms with Crippen molar-refractivity contribution in [3.05, 3.63) is 82.5 Å². The zero-order valence-electron chi connectivity index (χ0n) is 16.6. The van der Waals surface area contributed by atoms with E-state index in [4.69, 9.17) is 9.47 Å². The highest BCUT2D eigenvalue weighted by atomic mass is 32.2. The molecule has 0 aliphatic rings. The van der Waals surface area contributed by atoms with Gasteiger partial charge in [-0.05, 0) is 36.4 Å². The van der Waals surface area contributed by atoms with E-state index in [1.807, 2.05) is 0 Å². The molecule has 6 nitrogen and oxygen atoms in total. The molecule has 0 unspecified atom stereocenters. The number of halogens is 1. The largest absolute Gasteiger partial charge is 0.497 e. The highest BCUT2D eigenvalue weighted by Crippen LogP contribution is 2.23. The van der Waals surface area contributed by atoms with Crippen LogP contribution in [0, 0.1) is 5.82 Å². The molecule has 0 spiro atoms. The molecule has 0 aliphatic carbocycles. The molecule has 1 amide bonds. The van der Waals surface area contributed by atoms with Crippen LogP contribution in [0.5, 0.6) is 11.5 Å². The quantitative estimate of drug-likeness (QED) is 0.551. The summed E-state index contributed by atoms with van der Waals surface area (Å²) < 4.78 is 25.1. The molecule has 1 heterocycles. The van der Waals surface area contributed by atoms with Crippen molar-refractivity contribution in [2.24, 2.45) is 0 Å². The van der Waals surface area contributed by atoms with Crippen LogP contribution in [0.2, 0.25) is 0 Å². The number of nitrogens with one attached hydrogen (secondary N) is 1. The lowest BCUT2D eigenvalue weighted by Crippen LogP contribution is -2.22. The molecule has 30 heavy (non-hydrogen) atoms. The standard InChI is InChI=1S/C22H21FN2O4S/c1-28-18-5-3-4-16(10-18)24-22(27)13-25-12-21(29-2)20(26)11-17(25)14-30-19-8-6-15(23)7-9-19/h3-12H,13-14H2,1-2H3,(H,24,27). The predicted octanol–water partition coefficient (Wildman–Crippen LogP) is 3.94. The van der Waals surface area contributed by atoms with E-state index in [9.17, 15) is 14.0 Å². The van der Waals surface area contributed by atoms with Crippen molar-refractivity contribution in [2.75, 3.05) is 19.5 Å². The number of nitrogens with zero attached hydrogens (tertiary/aromatic N) is 1. The fourth-order valence-electron chi connectivity index (χ4n) is 2.76. The first-order valence-electron chi connectivity index (χ1n) is 9.08. The van der Waals surface area contributed by atoms with E-state index >= 15 is 0 Å². The molecule has 2 aromatic carbocycles. The number of thioether (sulfide) groups is 1. The third kappa shape index (κ3) is 5.64. The minimum atomic E-state index is -0.310. The second-order valence-electron chi connectivity index (χ2n) is 6.35. The first-order valence-corrected chi connectivity index (χ1v) is 10.1. The van der Waals surface area contributed by atoms with Crippen molar-refractivity contribution in [2.45, 2.75) is 17.2 Å². The SMILES string of the molecule is COc1cccc(NC(=O)Cn2cc(OC)c(=O)cc2CSc2ccc(F)cc2)c1. The Morgan fingerprint density at radius 3 is 2.57 bits per heavy atom. The van der Waals surface area contributed by atoms with Crippen molar-refractivity contribution in [1.29, 1.82) is 0 Å². The number of hydrogen-bond acceptors (Lipinski definition) is 5. The molecular formula is C22H21FN2O4S. The molecule has 0 saturated heterocycles. The molecule has 0 aliphatic heterocycles. The first-order chi connectivity index (χ1) is 14.5. The summed E-state index contributed by atoms with van der Waals surface area (Å²) in [6.07, 6.45) is 1.52. The van der Waals surface area contributed by atoms with Gasteiger partial charge in [-0.25, -0.2) is 4.39 Å². The van der Waals surface area contributed by atoms with Gasteiger partial charge >= 0.3 is 0 Å². The lowest BCUT2D eigenvalue weighted by atomic mass is 10.3. The summed E-state index contributed by atoms with van der Waals surface area (Å²) in [6.45, 7) is -0.00678. The van der Waals surface area contributed by atoms with E-state index in [-0.39, 0.29) is 29.4 Å². The Kier molecular flexibility index (Phi) is 7.13. The number of ether oxygens (including phenoxy) is 2. The van der Waals surface area contributed by atoms with Crippen LogP contribution in [0.1, 0.15) is 5.69 Å². The molecule has 3 aromatic rings. The number of hydrogen-bond donors (Lipinski definition) is 1. The summed E-state index contributed by atoms with van der Waals surface area (Å²) in [5, 5.41) is 2.82. The van der Waals surface area contributed by atoms with Gasteiger partial charge in [-0.1, -0.05) is 6.07 Å². The van der Waals surface area contributed by atoms with E-state index in [2.05, 4.69) is 5.32 Å². The van der Waals surface area contributed by atoms with Crippen molar-refractivity contribution < 1.29 is 18.7 Å². The average Bonchev–Trinajstić information content (AvgIpc) is 2.74. The number of pyridine rings is 1. The third-order valence-electron chi connectivity index (χ3n) is 4.27. The molecule has 156 valence electrons. The lowest BCUT2D eigenvalue weighted by Gasteiger charge is -2.15. The molecule has 3 rings (SSSR count). The third-order valence-corrected chi connectivity index (χ3v) is 5.32. The number of anilines is 1. The molecule has 1 N–H and O–H groups in total. The van der Waals surface area contributed by atoms with Gasteiger partial charge in [0.25, 0.3) is 0 Å². The highest BCUT2D eigenvalue weighted by molar-refractivity contribution is 7.98. The molecule has 0 saturated carbocycles. The van der Waals surface area contributed by atoms with Crippen LogP contribution in [-0.4, -0.2) is 24.7 Å². The van der Waals surface area contributed by atoms with E-state index in [0.29, 0.717) is 22.9 Å².